The monoisotopic (exact) mass is 453 g/mol. The molecule has 0 bridgehead atoms. The molecule has 3 aromatic carbocycles. The van der Waals surface area contributed by atoms with Gasteiger partial charge in [-0.3, -0.25) is 4.79 Å². The first-order chi connectivity index (χ1) is 15.3. The Balaban J connectivity index is 1.81. The summed E-state index contributed by atoms with van der Waals surface area (Å²) in [5, 5.41) is 9.70. The number of aryl methyl sites for hydroxylation is 1. The molecule has 0 saturated heterocycles. The van der Waals surface area contributed by atoms with Crippen molar-refractivity contribution in [2.24, 2.45) is 0 Å². The van der Waals surface area contributed by atoms with Crippen LogP contribution in [0.4, 0.5) is 4.39 Å². The van der Waals surface area contributed by atoms with Crippen LogP contribution in [0.3, 0.4) is 0 Å². The summed E-state index contributed by atoms with van der Waals surface area (Å²) >= 11 is 0. The molecule has 0 aliphatic rings. The Kier molecular flexibility index (Phi) is 5.71. The maximum absolute atomic E-state index is 14.6. The van der Waals surface area contributed by atoms with E-state index in [0.717, 1.165) is 3.97 Å². The van der Waals surface area contributed by atoms with Crippen molar-refractivity contribution in [1.82, 2.24) is 3.97 Å². The van der Waals surface area contributed by atoms with Crippen LogP contribution >= 0.6 is 0 Å². The lowest BCUT2D eigenvalue weighted by molar-refractivity contribution is -0.136. The minimum absolute atomic E-state index is 0.00393. The van der Waals surface area contributed by atoms with Gasteiger partial charge in [-0.25, -0.2) is 16.8 Å². The van der Waals surface area contributed by atoms with E-state index < -0.39 is 21.8 Å². The van der Waals surface area contributed by atoms with Gasteiger partial charge in [-0.1, -0.05) is 30.3 Å². The van der Waals surface area contributed by atoms with Crippen molar-refractivity contribution < 1.29 is 27.4 Å². The predicted octanol–water partition coefficient (Wildman–Crippen LogP) is 4.71. The van der Waals surface area contributed by atoms with Gasteiger partial charge in [-0.15, -0.1) is 0 Å². The van der Waals surface area contributed by atoms with Crippen molar-refractivity contribution in [1.29, 1.82) is 0 Å². The fourth-order valence-electron chi connectivity index (χ4n) is 3.65. The van der Waals surface area contributed by atoms with Gasteiger partial charge < -0.3 is 9.84 Å². The van der Waals surface area contributed by atoms with E-state index in [1.165, 1.54) is 37.6 Å². The standard InChI is InChI=1S/C24H20FNO5S/c1-31-18-10-11-20(22(25)14-18)16-5-4-6-19(13-16)32(29,30)26-15-17(9-12-24(27)28)21-7-2-3-8-23(21)26/h2-8,10-11,13-15H,9,12H2,1H3,(H,27,28). The minimum atomic E-state index is -4.02. The number of halogens is 1. The molecule has 8 heteroatoms. The molecular formula is C24H20FNO5S. The number of methoxy groups -OCH3 is 1. The van der Waals surface area contributed by atoms with Gasteiger partial charge in [0.15, 0.2) is 0 Å². The first-order valence-corrected chi connectivity index (χ1v) is 11.3. The van der Waals surface area contributed by atoms with Gasteiger partial charge in [-0.05, 0) is 47.9 Å². The molecule has 0 saturated carbocycles. The number of para-hydroxylation sites is 1. The topological polar surface area (TPSA) is 85.6 Å². The summed E-state index contributed by atoms with van der Waals surface area (Å²) in [4.78, 5) is 11.0. The lowest BCUT2D eigenvalue weighted by atomic mass is 10.1. The highest BCUT2D eigenvalue weighted by Crippen LogP contribution is 2.31. The highest BCUT2D eigenvalue weighted by atomic mass is 32.2. The molecule has 0 unspecified atom stereocenters. The van der Waals surface area contributed by atoms with Crippen LogP contribution in [0.1, 0.15) is 12.0 Å². The molecule has 0 radical (unpaired) electrons. The number of carboxylic acid groups (broad SMARTS) is 1. The van der Waals surface area contributed by atoms with Crippen LogP contribution in [0.2, 0.25) is 0 Å². The third-order valence-electron chi connectivity index (χ3n) is 5.25. The van der Waals surface area contributed by atoms with E-state index in [0.29, 0.717) is 27.8 Å². The molecule has 0 fully saturated rings. The van der Waals surface area contributed by atoms with E-state index in [4.69, 9.17) is 9.84 Å². The number of ether oxygens (including phenoxy) is 1. The molecule has 0 spiro atoms. The second kappa shape index (κ2) is 8.47. The Morgan fingerprint density at radius 1 is 1.06 bits per heavy atom. The van der Waals surface area contributed by atoms with Crippen molar-refractivity contribution in [3.05, 3.63) is 84.3 Å². The maximum Gasteiger partial charge on any atom is 0.303 e. The average molecular weight is 453 g/mol. The molecule has 1 N–H and O–H groups in total. The number of nitrogens with zero attached hydrogens (tertiary/aromatic N) is 1. The first kappa shape index (κ1) is 21.6. The molecule has 4 aromatic rings. The Labute approximate surface area is 184 Å². The Morgan fingerprint density at radius 2 is 1.84 bits per heavy atom. The van der Waals surface area contributed by atoms with Gasteiger partial charge in [0, 0.05) is 29.6 Å². The smallest absolute Gasteiger partial charge is 0.303 e. The van der Waals surface area contributed by atoms with Crippen LogP contribution < -0.4 is 4.74 Å². The van der Waals surface area contributed by atoms with Gasteiger partial charge in [0.2, 0.25) is 0 Å². The van der Waals surface area contributed by atoms with Gasteiger partial charge >= 0.3 is 5.97 Å². The summed E-state index contributed by atoms with van der Waals surface area (Å²) in [6, 6.07) is 17.4. The Bertz CT molecular complexity index is 1430. The van der Waals surface area contributed by atoms with Crippen molar-refractivity contribution >= 4 is 26.9 Å². The van der Waals surface area contributed by atoms with Crippen LogP contribution in [-0.2, 0) is 21.2 Å². The predicted molar refractivity (Wildman–Crippen MR) is 119 cm³/mol. The van der Waals surface area contributed by atoms with Gasteiger partial charge in [-0.2, -0.15) is 0 Å². The van der Waals surface area contributed by atoms with E-state index in [-0.39, 0.29) is 23.3 Å². The molecular weight excluding hydrogens is 433 g/mol. The van der Waals surface area contributed by atoms with E-state index in [9.17, 15) is 17.6 Å². The molecule has 1 aromatic heterocycles. The zero-order valence-electron chi connectivity index (χ0n) is 17.2. The summed E-state index contributed by atoms with van der Waals surface area (Å²) in [7, 11) is -2.58. The number of rotatable bonds is 7. The van der Waals surface area contributed by atoms with E-state index in [1.54, 1.807) is 42.5 Å². The molecule has 1 heterocycles. The van der Waals surface area contributed by atoms with E-state index in [1.807, 2.05) is 0 Å². The van der Waals surface area contributed by atoms with Gasteiger partial charge in [0.25, 0.3) is 10.0 Å². The second-order valence-electron chi connectivity index (χ2n) is 7.24. The third kappa shape index (κ3) is 3.97. The van der Waals surface area contributed by atoms with E-state index in [2.05, 4.69) is 0 Å². The Hall–Kier alpha value is -3.65. The first-order valence-electron chi connectivity index (χ1n) is 9.81. The van der Waals surface area contributed by atoms with Crippen LogP contribution in [0.15, 0.2) is 77.8 Å². The number of aliphatic carboxylic acids is 1. The molecule has 32 heavy (non-hydrogen) atoms. The van der Waals surface area contributed by atoms with Crippen molar-refractivity contribution in [3.8, 4) is 16.9 Å². The molecule has 164 valence electrons. The van der Waals surface area contributed by atoms with Crippen molar-refractivity contribution in [2.45, 2.75) is 17.7 Å². The minimum Gasteiger partial charge on any atom is -0.497 e. The SMILES string of the molecule is COc1ccc(-c2cccc(S(=O)(=O)n3cc(CCC(=O)O)c4ccccc43)c2)c(F)c1. The molecule has 0 aliphatic carbocycles. The second-order valence-corrected chi connectivity index (χ2v) is 9.05. The number of hydrogen-bond acceptors (Lipinski definition) is 4. The number of fused-ring (bicyclic) bond motifs is 1. The summed E-state index contributed by atoms with van der Waals surface area (Å²) in [5.41, 5.74) is 1.74. The van der Waals surface area contributed by atoms with E-state index >= 15 is 0 Å². The highest BCUT2D eigenvalue weighted by Gasteiger charge is 2.22. The number of carbonyl (C=O) groups is 1. The maximum atomic E-state index is 14.6. The van der Waals surface area contributed by atoms with Crippen LogP contribution in [0, 0.1) is 5.82 Å². The zero-order valence-corrected chi connectivity index (χ0v) is 18.0. The highest BCUT2D eigenvalue weighted by molar-refractivity contribution is 7.90. The quantitative estimate of drug-likeness (QED) is 0.438. The summed E-state index contributed by atoms with van der Waals surface area (Å²) < 4.78 is 47.7. The fourth-order valence-corrected chi connectivity index (χ4v) is 5.09. The summed E-state index contributed by atoms with van der Waals surface area (Å²) in [6.45, 7) is 0. The van der Waals surface area contributed by atoms with Gasteiger partial charge in [0.05, 0.1) is 17.5 Å². The van der Waals surface area contributed by atoms with Crippen molar-refractivity contribution in [2.75, 3.05) is 7.11 Å². The third-order valence-corrected chi connectivity index (χ3v) is 6.92. The van der Waals surface area contributed by atoms with Crippen LogP contribution in [0.25, 0.3) is 22.0 Å². The molecule has 0 aliphatic heterocycles. The Morgan fingerprint density at radius 3 is 2.56 bits per heavy atom. The van der Waals surface area contributed by atoms with Crippen molar-refractivity contribution in [3.63, 3.8) is 0 Å². The number of carboxylic acids is 1. The van der Waals surface area contributed by atoms with Crippen LogP contribution in [0.5, 0.6) is 5.75 Å². The lowest BCUT2D eigenvalue weighted by Crippen LogP contribution is -2.12. The molecule has 0 amide bonds. The van der Waals surface area contributed by atoms with Crippen LogP contribution in [-0.4, -0.2) is 30.6 Å². The fraction of sp³-hybridized carbons (Fsp3) is 0.125. The number of hydrogen-bond donors (Lipinski definition) is 1. The summed E-state index contributed by atoms with van der Waals surface area (Å²) in [5.74, 6) is -1.12. The summed E-state index contributed by atoms with van der Waals surface area (Å²) in [6.07, 6.45) is 1.55. The zero-order chi connectivity index (χ0) is 22.9. The normalized spacial score (nSPS) is 11.6. The number of benzene rings is 3. The molecule has 6 nitrogen and oxygen atoms in total. The lowest BCUT2D eigenvalue weighted by Gasteiger charge is -2.10. The number of aromatic nitrogens is 1. The molecule has 4 rings (SSSR count). The largest absolute Gasteiger partial charge is 0.497 e. The van der Waals surface area contributed by atoms with Gasteiger partial charge in [0.1, 0.15) is 11.6 Å². The molecule has 0 atom stereocenters. The average Bonchev–Trinajstić information content (AvgIpc) is 3.17.